The lowest BCUT2D eigenvalue weighted by molar-refractivity contribution is -0.149. The molecule has 0 fully saturated rings. The average Bonchev–Trinajstić information content (AvgIpc) is 2.79. The van der Waals surface area contributed by atoms with E-state index in [1.54, 1.807) is 48.5 Å². The van der Waals surface area contributed by atoms with Crippen LogP contribution in [0, 0.1) is 0 Å². The minimum Gasteiger partial charge on any atom is -0.473 e. The molecule has 4 nitrogen and oxygen atoms in total. The molecule has 0 saturated carbocycles. The van der Waals surface area contributed by atoms with Crippen molar-refractivity contribution in [1.82, 2.24) is 0 Å². The minimum absolute atomic E-state index is 0.477. The summed E-state index contributed by atoms with van der Waals surface area (Å²) < 4.78 is 16.9. The molecule has 150 valence electrons. The Morgan fingerprint density at radius 2 is 1.43 bits per heavy atom. The summed E-state index contributed by atoms with van der Waals surface area (Å²) in [4.78, 5) is 12.5. The van der Waals surface area contributed by atoms with Crippen molar-refractivity contribution >= 4 is 28.3 Å². The van der Waals surface area contributed by atoms with Crippen molar-refractivity contribution in [2.24, 2.45) is 0 Å². The Kier molecular flexibility index (Phi) is 5.87. The fraction of sp³-hybridized carbons (Fsp3) is 0.0800. The summed E-state index contributed by atoms with van der Waals surface area (Å²) in [5, 5.41) is 2.60. The molecule has 4 aromatic rings. The Balaban J connectivity index is 1.59. The van der Waals surface area contributed by atoms with Crippen molar-refractivity contribution in [3.63, 3.8) is 0 Å². The lowest BCUT2D eigenvalue weighted by Crippen LogP contribution is -2.20. The van der Waals surface area contributed by atoms with Gasteiger partial charge < -0.3 is 14.2 Å². The number of halogens is 1. The first kappa shape index (κ1) is 19.8. The van der Waals surface area contributed by atoms with E-state index in [0.717, 1.165) is 10.8 Å². The predicted octanol–water partition coefficient (Wildman–Crippen LogP) is 6.58. The molecule has 0 bridgehead atoms. The summed E-state index contributed by atoms with van der Waals surface area (Å²) in [6.07, 6.45) is -0.898. The van der Waals surface area contributed by atoms with Crippen LogP contribution in [-0.4, -0.2) is 13.1 Å². The second-order valence-electron chi connectivity index (χ2n) is 6.62. The number of benzene rings is 4. The number of carbonyl (C=O) groups is 1. The van der Waals surface area contributed by atoms with E-state index >= 15 is 0 Å². The first-order valence-corrected chi connectivity index (χ1v) is 9.77. The molecule has 0 N–H and O–H groups in total. The zero-order chi connectivity index (χ0) is 20.9. The van der Waals surface area contributed by atoms with Gasteiger partial charge in [-0.15, -0.1) is 0 Å². The van der Waals surface area contributed by atoms with Gasteiger partial charge in [0.15, 0.2) is 0 Å². The van der Waals surface area contributed by atoms with E-state index in [1.165, 1.54) is 7.11 Å². The molecule has 0 aromatic heterocycles. The quantitative estimate of drug-likeness (QED) is 0.332. The van der Waals surface area contributed by atoms with Crippen LogP contribution < -0.4 is 9.47 Å². The summed E-state index contributed by atoms with van der Waals surface area (Å²) in [6.45, 7) is 0. The van der Waals surface area contributed by atoms with Crippen LogP contribution in [0.3, 0.4) is 0 Å². The van der Waals surface area contributed by atoms with Crippen LogP contribution in [0.1, 0.15) is 11.7 Å². The highest BCUT2D eigenvalue weighted by Gasteiger charge is 2.24. The van der Waals surface area contributed by atoms with Crippen molar-refractivity contribution < 1.29 is 19.0 Å². The monoisotopic (exact) mass is 418 g/mol. The highest BCUT2D eigenvalue weighted by molar-refractivity contribution is 6.30. The van der Waals surface area contributed by atoms with Crippen molar-refractivity contribution in [3.05, 3.63) is 102 Å². The Morgan fingerprint density at radius 3 is 2.13 bits per heavy atom. The van der Waals surface area contributed by atoms with Crippen LogP contribution in [-0.2, 0) is 9.53 Å². The van der Waals surface area contributed by atoms with Crippen LogP contribution in [0.2, 0.25) is 5.02 Å². The van der Waals surface area contributed by atoms with Crippen LogP contribution in [0.25, 0.3) is 10.8 Å². The first-order valence-electron chi connectivity index (χ1n) is 9.40. The Bertz CT molecular complexity index is 1150. The van der Waals surface area contributed by atoms with Crippen molar-refractivity contribution in [3.8, 4) is 17.2 Å². The molecule has 0 aliphatic rings. The van der Waals surface area contributed by atoms with Crippen LogP contribution in [0.4, 0.5) is 0 Å². The Hall–Kier alpha value is -3.50. The molecule has 0 heterocycles. The molecular formula is C25H19ClO4. The number of esters is 1. The molecule has 1 atom stereocenters. The fourth-order valence-corrected chi connectivity index (χ4v) is 3.26. The van der Waals surface area contributed by atoms with Gasteiger partial charge in [-0.2, -0.15) is 0 Å². The molecule has 0 spiro atoms. The number of hydrogen-bond acceptors (Lipinski definition) is 4. The highest BCUT2D eigenvalue weighted by atomic mass is 35.5. The number of hydrogen-bond donors (Lipinski definition) is 0. The molecule has 4 rings (SSSR count). The lowest BCUT2D eigenvalue weighted by atomic mass is 10.1. The van der Waals surface area contributed by atoms with Gasteiger partial charge in [-0.3, -0.25) is 0 Å². The molecular weight excluding hydrogens is 400 g/mol. The summed E-state index contributed by atoms with van der Waals surface area (Å²) in [6, 6.07) is 27.8. The second kappa shape index (κ2) is 8.89. The summed E-state index contributed by atoms with van der Waals surface area (Å²) >= 11 is 5.90. The molecule has 4 aromatic carbocycles. The predicted molar refractivity (Wildman–Crippen MR) is 117 cm³/mol. The van der Waals surface area contributed by atoms with Gasteiger partial charge in [-0.1, -0.05) is 60.1 Å². The zero-order valence-electron chi connectivity index (χ0n) is 16.2. The number of rotatable bonds is 6. The number of ether oxygens (including phenoxy) is 3. The maximum atomic E-state index is 12.5. The van der Waals surface area contributed by atoms with Crippen LogP contribution >= 0.6 is 11.6 Å². The van der Waals surface area contributed by atoms with E-state index in [4.69, 9.17) is 25.8 Å². The van der Waals surface area contributed by atoms with E-state index < -0.39 is 12.1 Å². The molecule has 30 heavy (non-hydrogen) atoms. The smallest absolute Gasteiger partial charge is 0.351 e. The molecule has 1 unspecified atom stereocenters. The maximum absolute atomic E-state index is 12.5. The lowest BCUT2D eigenvalue weighted by Gasteiger charge is -2.19. The largest absolute Gasteiger partial charge is 0.473 e. The third-order valence-electron chi connectivity index (χ3n) is 4.64. The summed E-state index contributed by atoms with van der Waals surface area (Å²) in [5.74, 6) is 1.44. The SMILES string of the molecule is COC(=O)C(Oc1cccc2ccccc12)c1ccc(Oc2ccc(Cl)cc2)cc1. The molecule has 0 aliphatic carbocycles. The van der Waals surface area contributed by atoms with E-state index in [1.807, 2.05) is 42.5 Å². The van der Waals surface area contributed by atoms with Gasteiger partial charge in [-0.25, -0.2) is 4.79 Å². The Labute approximate surface area is 179 Å². The molecule has 0 radical (unpaired) electrons. The topological polar surface area (TPSA) is 44.8 Å². The third-order valence-corrected chi connectivity index (χ3v) is 4.89. The van der Waals surface area contributed by atoms with Gasteiger partial charge in [0.1, 0.15) is 17.2 Å². The molecule has 0 aliphatic heterocycles. The first-order chi connectivity index (χ1) is 14.6. The second-order valence-corrected chi connectivity index (χ2v) is 7.06. The molecule has 0 saturated heterocycles. The number of carbonyl (C=O) groups excluding carboxylic acids is 1. The average molecular weight is 419 g/mol. The van der Waals surface area contributed by atoms with Gasteiger partial charge in [0.25, 0.3) is 0 Å². The summed E-state index contributed by atoms with van der Waals surface area (Å²) in [7, 11) is 1.35. The van der Waals surface area contributed by atoms with Gasteiger partial charge in [0.05, 0.1) is 7.11 Å². The van der Waals surface area contributed by atoms with Crippen LogP contribution in [0.5, 0.6) is 17.2 Å². The van der Waals surface area contributed by atoms with Gasteiger partial charge in [0.2, 0.25) is 6.10 Å². The van der Waals surface area contributed by atoms with Crippen LogP contribution in [0.15, 0.2) is 91.0 Å². The van der Waals surface area contributed by atoms with E-state index in [9.17, 15) is 4.79 Å². The number of methoxy groups -OCH3 is 1. The van der Waals surface area contributed by atoms with Crippen molar-refractivity contribution in [2.75, 3.05) is 7.11 Å². The van der Waals surface area contributed by atoms with E-state index in [-0.39, 0.29) is 0 Å². The Morgan fingerprint density at radius 1 is 0.800 bits per heavy atom. The zero-order valence-corrected chi connectivity index (χ0v) is 17.0. The van der Waals surface area contributed by atoms with E-state index in [0.29, 0.717) is 27.8 Å². The van der Waals surface area contributed by atoms with Crippen molar-refractivity contribution in [2.45, 2.75) is 6.10 Å². The van der Waals surface area contributed by atoms with Gasteiger partial charge >= 0.3 is 5.97 Å². The maximum Gasteiger partial charge on any atom is 0.351 e. The standard InChI is InChI=1S/C25H19ClO4/c1-28-25(27)24(30-23-8-4-6-17-5-2-3-7-22(17)23)18-9-13-20(14-10-18)29-21-15-11-19(26)12-16-21/h2-16,24H,1H3. The minimum atomic E-state index is -0.898. The molecule has 5 heteroatoms. The highest BCUT2D eigenvalue weighted by Crippen LogP contribution is 2.31. The molecule has 0 amide bonds. The van der Waals surface area contributed by atoms with Gasteiger partial charge in [-0.05, 0) is 47.9 Å². The van der Waals surface area contributed by atoms with Crippen molar-refractivity contribution in [1.29, 1.82) is 0 Å². The normalized spacial score (nSPS) is 11.7. The number of fused-ring (bicyclic) bond motifs is 1. The van der Waals surface area contributed by atoms with Gasteiger partial charge in [0, 0.05) is 16.0 Å². The van der Waals surface area contributed by atoms with E-state index in [2.05, 4.69) is 0 Å². The summed E-state index contributed by atoms with van der Waals surface area (Å²) in [5.41, 5.74) is 0.665. The fourth-order valence-electron chi connectivity index (χ4n) is 3.13. The third kappa shape index (κ3) is 4.39.